The topological polar surface area (TPSA) is 117 Å². The van der Waals surface area contributed by atoms with E-state index < -0.39 is 11.9 Å². The van der Waals surface area contributed by atoms with Gasteiger partial charge in [-0.1, -0.05) is 11.8 Å². The second kappa shape index (κ2) is 9.61. The third-order valence-corrected chi connectivity index (χ3v) is 6.97. The fourth-order valence-corrected chi connectivity index (χ4v) is 4.90. The average molecular weight is 500 g/mol. The molecule has 2 aliphatic rings. The normalized spacial score (nSPS) is 17.5. The minimum atomic E-state index is -0.563. The lowest BCUT2D eigenvalue weighted by Gasteiger charge is -2.16. The molecule has 2 aliphatic heterocycles. The van der Waals surface area contributed by atoms with E-state index in [2.05, 4.69) is 15.0 Å². The van der Waals surface area contributed by atoms with E-state index in [4.69, 9.17) is 9.47 Å². The predicted molar refractivity (Wildman–Crippen MR) is 125 cm³/mol. The number of amides is 1. The number of nitrogens with zero attached hydrogens (tertiary/aromatic N) is 5. The summed E-state index contributed by atoms with van der Waals surface area (Å²) < 4.78 is 26.9. The molecule has 2 aromatic heterocycles. The van der Waals surface area contributed by atoms with Gasteiger partial charge in [0.1, 0.15) is 22.4 Å². The van der Waals surface area contributed by atoms with E-state index in [1.54, 1.807) is 7.05 Å². The molecule has 3 aromatic rings. The van der Waals surface area contributed by atoms with Gasteiger partial charge in [0, 0.05) is 7.05 Å². The van der Waals surface area contributed by atoms with Crippen molar-refractivity contribution in [1.29, 1.82) is 0 Å². The summed E-state index contributed by atoms with van der Waals surface area (Å²) in [7, 11) is 1.54. The number of carbonyl (C=O) groups excluding carboxylic acids is 2. The van der Waals surface area contributed by atoms with Gasteiger partial charge < -0.3 is 14.0 Å². The molecule has 35 heavy (non-hydrogen) atoms. The summed E-state index contributed by atoms with van der Waals surface area (Å²) in [6.45, 7) is 0.561. The van der Waals surface area contributed by atoms with E-state index >= 15 is 0 Å². The van der Waals surface area contributed by atoms with Gasteiger partial charge in [0.15, 0.2) is 17.4 Å². The lowest BCUT2D eigenvalue weighted by molar-refractivity contribution is -0.116. The van der Waals surface area contributed by atoms with Gasteiger partial charge in [-0.3, -0.25) is 14.5 Å². The number of hydrogen-bond donors (Lipinski definition) is 0. The first kappa shape index (κ1) is 23.2. The molecule has 0 bridgehead atoms. The van der Waals surface area contributed by atoms with Crippen molar-refractivity contribution in [1.82, 2.24) is 19.5 Å². The van der Waals surface area contributed by atoms with Crippen molar-refractivity contribution in [2.75, 3.05) is 23.8 Å². The van der Waals surface area contributed by atoms with Crippen molar-refractivity contribution in [2.45, 2.75) is 36.8 Å². The lowest BCUT2D eigenvalue weighted by atomic mass is 10.1. The minimum Gasteiger partial charge on any atom is -0.488 e. The van der Waals surface area contributed by atoms with Crippen LogP contribution < -0.4 is 15.2 Å². The van der Waals surface area contributed by atoms with Gasteiger partial charge in [0.25, 0.3) is 5.56 Å². The maximum atomic E-state index is 14.4. The van der Waals surface area contributed by atoms with E-state index in [-0.39, 0.29) is 36.2 Å². The van der Waals surface area contributed by atoms with Crippen LogP contribution in [0.3, 0.4) is 0 Å². The van der Waals surface area contributed by atoms with Crippen LogP contribution in [0.5, 0.6) is 5.75 Å². The molecular weight excluding hydrogens is 477 g/mol. The number of rotatable bonds is 7. The molecule has 12 heteroatoms. The van der Waals surface area contributed by atoms with E-state index in [1.165, 1.54) is 45.8 Å². The highest BCUT2D eigenvalue weighted by atomic mass is 32.2. The molecule has 0 radical (unpaired) electrons. The van der Waals surface area contributed by atoms with E-state index in [9.17, 15) is 18.8 Å². The number of carbonyl (C=O) groups is 2. The Bertz CT molecular complexity index is 1380. The second-order valence-corrected chi connectivity index (χ2v) is 9.31. The number of benzene rings is 1. The van der Waals surface area contributed by atoms with Crippen LogP contribution in [0, 0.1) is 5.82 Å². The van der Waals surface area contributed by atoms with Crippen molar-refractivity contribution < 1.29 is 23.5 Å². The average Bonchev–Trinajstić information content (AvgIpc) is 3.22. The molecule has 0 aliphatic carbocycles. The first-order valence-electron chi connectivity index (χ1n) is 11.2. The molecule has 1 atom stereocenters. The van der Waals surface area contributed by atoms with Crippen molar-refractivity contribution in [2.24, 2.45) is 7.05 Å². The summed E-state index contributed by atoms with van der Waals surface area (Å²) >= 11 is 1.35. The predicted octanol–water partition coefficient (Wildman–Crippen LogP) is 2.65. The highest BCUT2D eigenvalue weighted by Crippen LogP contribution is 2.29. The van der Waals surface area contributed by atoms with Crippen molar-refractivity contribution in [3.63, 3.8) is 0 Å². The van der Waals surface area contributed by atoms with Crippen LogP contribution in [-0.4, -0.2) is 56.4 Å². The van der Waals surface area contributed by atoms with Crippen LogP contribution in [0.4, 0.5) is 15.0 Å². The highest BCUT2D eigenvalue weighted by Gasteiger charge is 2.34. The molecule has 1 aromatic carbocycles. The third kappa shape index (κ3) is 4.70. The van der Waals surface area contributed by atoms with Crippen LogP contribution in [-0.2, 0) is 23.0 Å². The van der Waals surface area contributed by atoms with Gasteiger partial charge in [0.2, 0.25) is 0 Å². The Morgan fingerprint density at radius 3 is 2.91 bits per heavy atom. The van der Waals surface area contributed by atoms with Gasteiger partial charge in [0.05, 0.1) is 48.9 Å². The molecular formula is C23H22FN5O5S. The number of hydrogen-bond acceptors (Lipinski definition) is 9. The number of unbranched alkanes of at least 4 members (excludes halogenated alkanes) is 1. The fraction of sp³-hybridized carbons (Fsp3) is 0.391. The van der Waals surface area contributed by atoms with Gasteiger partial charge in [-0.2, -0.15) is 0 Å². The van der Waals surface area contributed by atoms with Crippen LogP contribution in [0.1, 0.15) is 25.0 Å². The SMILES string of the molecule is Cn1c(=O)cnc2ccc(F)c(OCCCC[C@H]3CN(c4cnc5c(n4)CC(=O)CS5)C(=O)O3)c21. The lowest BCUT2D eigenvalue weighted by Crippen LogP contribution is -2.27. The molecule has 0 unspecified atom stereocenters. The quantitative estimate of drug-likeness (QED) is 0.452. The molecule has 10 nitrogen and oxygen atoms in total. The van der Waals surface area contributed by atoms with Crippen molar-refractivity contribution >= 4 is 40.5 Å². The van der Waals surface area contributed by atoms with E-state index in [0.717, 1.165) is 5.03 Å². The first-order chi connectivity index (χ1) is 16.9. The van der Waals surface area contributed by atoms with Gasteiger partial charge in [-0.25, -0.2) is 24.1 Å². The van der Waals surface area contributed by atoms with Crippen molar-refractivity contribution in [3.8, 4) is 5.75 Å². The Morgan fingerprint density at radius 2 is 2.06 bits per heavy atom. The monoisotopic (exact) mass is 499 g/mol. The molecule has 1 amide bonds. The molecule has 0 N–H and O–H groups in total. The Morgan fingerprint density at radius 1 is 1.20 bits per heavy atom. The highest BCUT2D eigenvalue weighted by molar-refractivity contribution is 8.00. The smallest absolute Gasteiger partial charge is 0.415 e. The number of ether oxygens (including phenoxy) is 2. The Kier molecular flexibility index (Phi) is 6.37. The zero-order valence-corrected chi connectivity index (χ0v) is 19.7. The van der Waals surface area contributed by atoms with Crippen LogP contribution >= 0.6 is 11.8 Å². The molecule has 5 rings (SSSR count). The van der Waals surface area contributed by atoms with Gasteiger partial charge in [-0.05, 0) is 31.4 Å². The number of anilines is 1. The second-order valence-electron chi connectivity index (χ2n) is 8.34. The molecule has 0 saturated carbocycles. The molecule has 4 heterocycles. The summed E-state index contributed by atoms with van der Waals surface area (Å²) in [5, 5.41) is 0.718. The van der Waals surface area contributed by atoms with Crippen LogP contribution in [0.15, 0.2) is 34.3 Å². The van der Waals surface area contributed by atoms with Crippen molar-refractivity contribution in [3.05, 3.63) is 46.4 Å². The molecule has 0 spiro atoms. The zero-order chi connectivity index (χ0) is 24.5. The fourth-order valence-electron chi connectivity index (χ4n) is 4.09. The maximum Gasteiger partial charge on any atom is 0.415 e. The van der Waals surface area contributed by atoms with E-state index in [1.807, 2.05) is 0 Å². The molecule has 1 saturated heterocycles. The number of aryl methyl sites for hydroxylation is 1. The molecule has 182 valence electrons. The minimum absolute atomic E-state index is 0.00343. The third-order valence-electron chi connectivity index (χ3n) is 5.89. The van der Waals surface area contributed by atoms with Gasteiger partial charge in [-0.15, -0.1) is 0 Å². The van der Waals surface area contributed by atoms with Gasteiger partial charge >= 0.3 is 6.09 Å². The first-order valence-corrected chi connectivity index (χ1v) is 12.1. The standard InChI is InChI=1S/C23H22FN5O5S/c1-28-19(31)10-25-16-6-5-15(24)21(20(16)28)33-7-3-2-4-14-11-29(23(32)34-14)18-9-26-22-17(27-18)8-13(30)12-35-22/h5-6,9-10,14H,2-4,7-8,11-12H2,1H3/t14-/m0/s1. The molecule has 1 fully saturated rings. The Hall–Kier alpha value is -3.54. The number of halogens is 1. The largest absolute Gasteiger partial charge is 0.488 e. The van der Waals surface area contributed by atoms with E-state index in [0.29, 0.717) is 54.1 Å². The Labute approximate surface area is 203 Å². The summed E-state index contributed by atoms with van der Waals surface area (Å²) in [6.07, 6.45) is 3.97. The summed E-state index contributed by atoms with van der Waals surface area (Å²) in [6, 6.07) is 2.76. The zero-order valence-electron chi connectivity index (χ0n) is 18.9. The van der Waals surface area contributed by atoms with Crippen LogP contribution in [0.2, 0.25) is 0 Å². The summed E-state index contributed by atoms with van der Waals surface area (Å²) in [5.74, 6) is 0.282. The Balaban J connectivity index is 1.15. The van der Waals surface area contributed by atoms with Crippen LogP contribution in [0.25, 0.3) is 11.0 Å². The number of cyclic esters (lactones) is 1. The number of ketones is 1. The number of aromatic nitrogens is 4. The number of thioether (sulfide) groups is 1. The maximum absolute atomic E-state index is 14.4. The number of fused-ring (bicyclic) bond motifs is 2. The summed E-state index contributed by atoms with van der Waals surface area (Å²) in [5.41, 5.74) is 1.01. The summed E-state index contributed by atoms with van der Waals surface area (Å²) in [4.78, 5) is 50.3. The number of Topliss-reactive ketones (excluding diaryl/α,β-unsaturated/α-hetero) is 1.